The van der Waals surface area contributed by atoms with Crippen molar-refractivity contribution in [2.24, 2.45) is 0 Å². The van der Waals surface area contributed by atoms with Gasteiger partial charge in [-0.2, -0.15) is 0 Å². The molecule has 0 saturated heterocycles. The summed E-state index contributed by atoms with van der Waals surface area (Å²) in [5.41, 5.74) is 0.0292. The molecule has 0 saturated carbocycles. The molecular formula is C18H31FN2O3. The third kappa shape index (κ3) is 6.34. The van der Waals surface area contributed by atoms with Crippen molar-refractivity contribution in [3.05, 3.63) is 23.8 Å². The summed E-state index contributed by atoms with van der Waals surface area (Å²) >= 11 is 0. The predicted octanol–water partition coefficient (Wildman–Crippen LogP) is 4.79. The number of halogens is 1. The van der Waals surface area contributed by atoms with Crippen LogP contribution in [0.1, 0.15) is 60.5 Å². The smallest absolute Gasteiger partial charge is 0.410 e. The van der Waals surface area contributed by atoms with Crippen molar-refractivity contribution in [3.8, 4) is 5.75 Å². The van der Waals surface area contributed by atoms with Gasteiger partial charge in [0.25, 0.3) is 0 Å². The molecular weight excluding hydrogens is 311 g/mol. The first kappa shape index (κ1) is 22.1. The number of pyridine rings is 1. The number of carbonyl (C=O) groups is 1. The fraction of sp³-hybridized carbons (Fsp3) is 0.667. The average molecular weight is 342 g/mol. The van der Waals surface area contributed by atoms with Crippen molar-refractivity contribution in [3.63, 3.8) is 0 Å². The van der Waals surface area contributed by atoms with Crippen molar-refractivity contribution >= 4 is 6.09 Å². The highest BCUT2D eigenvalue weighted by Gasteiger charge is 2.27. The summed E-state index contributed by atoms with van der Waals surface area (Å²) in [5, 5.41) is 0. The Bertz CT molecular complexity index is 507. The van der Waals surface area contributed by atoms with Gasteiger partial charge in [-0.05, 0) is 20.3 Å². The average Bonchev–Trinajstić information content (AvgIpc) is 2.82. The van der Waals surface area contributed by atoms with E-state index in [0.29, 0.717) is 12.1 Å². The summed E-state index contributed by atoms with van der Waals surface area (Å²) in [6.07, 6.45) is 2.91. The van der Waals surface area contributed by atoms with E-state index in [1.165, 1.54) is 11.1 Å². The van der Waals surface area contributed by atoms with Gasteiger partial charge in [0.1, 0.15) is 12.2 Å². The van der Waals surface area contributed by atoms with Crippen LogP contribution in [0.25, 0.3) is 0 Å². The number of carbonyl (C=O) groups excluding carboxylic acids is 1. The second-order valence-corrected chi connectivity index (χ2v) is 5.36. The minimum atomic E-state index is -0.521. The first-order valence-electron chi connectivity index (χ1n) is 8.66. The van der Waals surface area contributed by atoms with Crippen LogP contribution in [-0.2, 0) is 11.3 Å². The van der Waals surface area contributed by atoms with E-state index in [9.17, 15) is 9.18 Å². The van der Waals surface area contributed by atoms with Crippen molar-refractivity contribution in [2.75, 3.05) is 13.2 Å². The Kier molecular flexibility index (Phi) is 10.0. The largest absolute Gasteiger partial charge is 0.488 e. The fourth-order valence-electron chi connectivity index (χ4n) is 1.81. The quantitative estimate of drug-likeness (QED) is 0.775. The van der Waals surface area contributed by atoms with Gasteiger partial charge in [-0.25, -0.2) is 9.18 Å². The Morgan fingerprint density at radius 3 is 2.54 bits per heavy atom. The van der Waals surface area contributed by atoms with Crippen molar-refractivity contribution in [2.45, 2.75) is 67.0 Å². The first-order valence-corrected chi connectivity index (χ1v) is 8.66. The molecule has 2 rings (SSSR count). The van der Waals surface area contributed by atoms with Crippen LogP contribution in [0.5, 0.6) is 5.75 Å². The molecule has 0 atom stereocenters. The molecule has 5 nitrogen and oxygen atoms in total. The lowest BCUT2D eigenvalue weighted by Crippen LogP contribution is -2.38. The molecule has 1 aliphatic heterocycles. The van der Waals surface area contributed by atoms with E-state index in [1.54, 1.807) is 0 Å². The maximum absolute atomic E-state index is 13.6. The summed E-state index contributed by atoms with van der Waals surface area (Å²) in [7, 11) is 0. The Balaban J connectivity index is 0.00000123. The Morgan fingerprint density at radius 1 is 1.33 bits per heavy atom. The van der Waals surface area contributed by atoms with Gasteiger partial charge in [0.2, 0.25) is 0 Å². The minimum absolute atomic E-state index is 0.171. The summed E-state index contributed by atoms with van der Waals surface area (Å²) in [4.78, 5) is 17.4. The molecule has 0 bridgehead atoms. The maximum Gasteiger partial charge on any atom is 0.410 e. The second-order valence-electron chi connectivity index (χ2n) is 5.36. The van der Waals surface area contributed by atoms with Gasteiger partial charge in [-0.1, -0.05) is 34.6 Å². The summed E-state index contributed by atoms with van der Waals surface area (Å²) < 4.78 is 24.4. The van der Waals surface area contributed by atoms with Gasteiger partial charge in [0.15, 0.2) is 11.6 Å². The first-order chi connectivity index (χ1) is 11.4. The maximum atomic E-state index is 13.6. The number of rotatable bonds is 2. The monoisotopic (exact) mass is 342 g/mol. The molecule has 6 heteroatoms. The molecule has 138 valence electrons. The Morgan fingerprint density at radius 2 is 1.96 bits per heavy atom. The van der Waals surface area contributed by atoms with Gasteiger partial charge >= 0.3 is 6.09 Å². The van der Waals surface area contributed by atoms with E-state index in [4.69, 9.17) is 9.47 Å². The summed E-state index contributed by atoms with van der Waals surface area (Å²) in [5.74, 6) is -0.336. The molecule has 0 spiro atoms. The number of fused-ring (bicyclic) bond motifs is 1. The molecule has 2 heterocycles. The number of nitrogens with zero attached hydrogens (tertiary/aromatic N) is 2. The van der Waals surface area contributed by atoms with E-state index >= 15 is 0 Å². The fourth-order valence-corrected chi connectivity index (χ4v) is 1.81. The number of hydrogen-bond donors (Lipinski definition) is 0. The highest BCUT2D eigenvalue weighted by atomic mass is 19.1. The molecule has 0 radical (unpaired) electrons. The van der Waals surface area contributed by atoms with E-state index in [2.05, 4.69) is 4.98 Å². The van der Waals surface area contributed by atoms with Gasteiger partial charge in [-0.3, -0.25) is 4.98 Å². The molecule has 0 fully saturated rings. The van der Waals surface area contributed by atoms with Gasteiger partial charge in [0.05, 0.1) is 19.3 Å². The number of amides is 1. The summed E-state index contributed by atoms with van der Waals surface area (Å²) in [6.45, 7) is 14.5. The zero-order valence-electron chi connectivity index (χ0n) is 16.0. The van der Waals surface area contributed by atoms with Gasteiger partial charge < -0.3 is 14.4 Å². The number of hydrogen-bond acceptors (Lipinski definition) is 4. The molecule has 1 aliphatic rings. The van der Waals surface area contributed by atoms with Crippen LogP contribution >= 0.6 is 0 Å². The highest BCUT2D eigenvalue weighted by Crippen LogP contribution is 2.26. The van der Waals surface area contributed by atoms with Crippen molar-refractivity contribution in [1.82, 2.24) is 9.88 Å². The van der Waals surface area contributed by atoms with Crippen LogP contribution in [0.2, 0.25) is 0 Å². The third-order valence-electron chi connectivity index (χ3n) is 3.37. The van der Waals surface area contributed by atoms with Crippen LogP contribution in [0.4, 0.5) is 9.18 Å². The van der Waals surface area contributed by atoms with Crippen LogP contribution in [0.3, 0.4) is 0 Å². The van der Waals surface area contributed by atoms with Gasteiger partial charge in [-0.15, -0.1) is 0 Å². The topological polar surface area (TPSA) is 51.7 Å². The Hall–Kier alpha value is -1.85. The molecule has 0 N–H and O–H groups in total. The third-order valence-corrected chi connectivity index (χ3v) is 3.37. The molecule has 1 amide bonds. The molecule has 1 aromatic rings. The number of aromatic nitrogens is 1. The lowest BCUT2D eigenvalue weighted by Gasteiger charge is -2.28. The normalized spacial score (nSPS) is 13.1. The summed E-state index contributed by atoms with van der Waals surface area (Å²) in [6, 6.07) is 0. The zero-order valence-corrected chi connectivity index (χ0v) is 16.0. The lowest BCUT2D eigenvalue weighted by molar-refractivity contribution is 0.00925. The van der Waals surface area contributed by atoms with Crippen LogP contribution in [0.15, 0.2) is 12.4 Å². The number of ether oxygens (including phenoxy) is 2. The molecule has 24 heavy (non-hydrogen) atoms. The molecule has 0 unspecified atom stereocenters. The van der Waals surface area contributed by atoms with E-state index in [1.807, 2.05) is 48.5 Å². The van der Waals surface area contributed by atoms with E-state index in [-0.39, 0.29) is 18.9 Å². The van der Waals surface area contributed by atoms with Crippen LogP contribution in [0, 0.1) is 5.82 Å². The highest BCUT2D eigenvalue weighted by molar-refractivity contribution is 5.68. The predicted molar refractivity (Wildman–Crippen MR) is 93.6 cm³/mol. The molecule has 1 aromatic heterocycles. The Labute approximate surface area is 145 Å². The standard InChI is InChI=1S/C14H19FN2O3.2C2H6/c1-4-14(2,3)20-13(18)17-5-6-19-12-10(9-17)7-16-8-11(12)15;2*1-2/h7-8H,4-6,9H2,1-3H3;2*1-2H3. The van der Waals surface area contributed by atoms with Crippen molar-refractivity contribution < 1.29 is 18.7 Å². The van der Waals surface area contributed by atoms with Crippen LogP contribution in [-0.4, -0.2) is 34.7 Å². The van der Waals surface area contributed by atoms with Crippen LogP contribution < -0.4 is 4.74 Å². The molecule has 0 aliphatic carbocycles. The second kappa shape index (κ2) is 10.8. The van der Waals surface area contributed by atoms with Crippen molar-refractivity contribution in [1.29, 1.82) is 0 Å². The van der Waals surface area contributed by atoms with E-state index < -0.39 is 17.5 Å². The lowest BCUT2D eigenvalue weighted by atomic mass is 10.1. The molecule has 0 aromatic carbocycles. The minimum Gasteiger partial charge on any atom is -0.488 e. The SMILES string of the molecule is CC.CC.CCC(C)(C)OC(=O)N1CCOc2c(F)cncc2C1. The zero-order chi connectivity index (χ0) is 18.8. The van der Waals surface area contributed by atoms with Gasteiger partial charge in [0, 0.05) is 11.8 Å². The van der Waals surface area contributed by atoms with E-state index in [0.717, 1.165) is 12.6 Å².